The number of amides is 1. The maximum absolute atomic E-state index is 12.9. The Hall–Kier alpha value is -0.880. The number of hydrogen-bond acceptors (Lipinski definition) is 3. The maximum atomic E-state index is 12.9. The minimum Gasteiger partial charge on any atom is -0.461 e. The third-order valence-corrected chi connectivity index (χ3v) is 7.86. The second-order valence-electron chi connectivity index (χ2n) is 6.80. The van der Waals surface area contributed by atoms with Crippen LogP contribution in [0.15, 0.2) is 16.6 Å². The van der Waals surface area contributed by atoms with Crippen LogP contribution in [0.4, 0.5) is 5.69 Å². The van der Waals surface area contributed by atoms with Crippen molar-refractivity contribution >= 4 is 49.4 Å². The van der Waals surface area contributed by atoms with Gasteiger partial charge in [-0.05, 0) is 49.4 Å². The smallest absolute Gasteiger partial charge is 0.310 e. The van der Waals surface area contributed by atoms with Gasteiger partial charge in [-0.2, -0.15) is 0 Å². The average Bonchev–Trinajstić information content (AvgIpc) is 3.12. The second kappa shape index (κ2) is 5.31. The lowest BCUT2D eigenvalue weighted by atomic mass is 9.79. The van der Waals surface area contributed by atoms with E-state index in [0.29, 0.717) is 0 Å². The number of halogens is 2. The van der Waals surface area contributed by atoms with Gasteiger partial charge < -0.3 is 10.1 Å². The first kappa shape index (κ1) is 15.6. The highest BCUT2D eigenvalue weighted by molar-refractivity contribution is 9.10. The summed E-state index contributed by atoms with van der Waals surface area (Å²) in [7, 11) is 0. The standard InChI is InChI=1S/C17H17Br2NO3/c1-6-7(2)11(4-3-10(6)18)20-16(21)12-8-5-9-13(12)17(22)23-15(9)14(8)19/h3-4,8-9,12-15H,5H2,1-2H3,(H,20,21)/t8-,9-,12-,13+,14+,15+/m1/s1. The van der Waals surface area contributed by atoms with E-state index in [-0.39, 0.29) is 46.5 Å². The molecule has 1 N–H and O–H groups in total. The number of carbonyl (C=O) groups excluding carboxylic acids is 2. The second-order valence-corrected chi connectivity index (χ2v) is 8.71. The molecular weight excluding hydrogens is 426 g/mol. The Morgan fingerprint density at radius 3 is 2.74 bits per heavy atom. The van der Waals surface area contributed by atoms with Crippen LogP contribution in [-0.4, -0.2) is 22.8 Å². The largest absolute Gasteiger partial charge is 0.461 e. The molecule has 1 aromatic rings. The number of hydrogen-bond donors (Lipinski definition) is 1. The van der Waals surface area contributed by atoms with Crippen molar-refractivity contribution in [1.29, 1.82) is 0 Å². The van der Waals surface area contributed by atoms with E-state index in [0.717, 1.165) is 27.7 Å². The van der Waals surface area contributed by atoms with Gasteiger partial charge in [0, 0.05) is 16.1 Å². The molecule has 0 aromatic heterocycles. The van der Waals surface area contributed by atoms with E-state index in [2.05, 4.69) is 37.2 Å². The number of alkyl halides is 1. The molecule has 23 heavy (non-hydrogen) atoms. The van der Waals surface area contributed by atoms with Crippen molar-refractivity contribution in [2.75, 3.05) is 5.32 Å². The monoisotopic (exact) mass is 441 g/mol. The first-order valence-electron chi connectivity index (χ1n) is 7.81. The zero-order chi connectivity index (χ0) is 16.5. The van der Waals surface area contributed by atoms with Crippen LogP contribution in [0.5, 0.6) is 0 Å². The van der Waals surface area contributed by atoms with Crippen molar-refractivity contribution in [3.8, 4) is 0 Å². The van der Waals surface area contributed by atoms with Gasteiger partial charge in [-0.15, -0.1) is 0 Å². The molecule has 3 fully saturated rings. The molecule has 6 atom stereocenters. The molecule has 4 rings (SSSR count). The minimum atomic E-state index is -0.293. The average molecular weight is 443 g/mol. The number of esters is 1. The quantitative estimate of drug-likeness (QED) is 0.562. The van der Waals surface area contributed by atoms with Gasteiger partial charge in [0.1, 0.15) is 6.10 Å². The third-order valence-electron chi connectivity index (χ3n) is 5.80. The normalized spacial score (nSPS) is 37.1. The first-order chi connectivity index (χ1) is 10.9. The number of carbonyl (C=O) groups is 2. The van der Waals surface area contributed by atoms with E-state index in [1.807, 2.05) is 26.0 Å². The molecule has 122 valence electrons. The predicted octanol–water partition coefficient (Wildman–Crippen LogP) is 3.58. The van der Waals surface area contributed by atoms with Gasteiger partial charge in [-0.1, -0.05) is 31.9 Å². The number of benzene rings is 1. The Labute approximate surface area is 151 Å². The van der Waals surface area contributed by atoms with E-state index < -0.39 is 0 Å². The summed E-state index contributed by atoms with van der Waals surface area (Å²) in [6.45, 7) is 4.00. The summed E-state index contributed by atoms with van der Waals surface area (Å²) >= 11 is 7.14. The number of nitrogens with one attached hydrogen (secondary N) is 1. The first-order valence-corrected chi connectivity index (χ1v) is 9.52. The van der Waals surface area contributed by atoms with E-state index in [9.17, 15) is 9.59 Å². The molecular formula is C17H17Br2NO3. The highest BCUT2D eigenvalue weighted by atomic mass is 79.9. The summed E-state index contributed by atoms with van der Waals surface area (Å²) in [6, 6.07) is 3.84. The van der Waals surface area contributed by atoms with Crippen LogP contribution in [0.1, 0.15) is 17.5 Å². The molecule has 2 aliphatic carbocycles. The van der Waals surface area contributed by atoms with Gasteiger partial charge in [0.05, 0.1) is 16.7 Å². The van der Waals surface area contributed by atoms with Crippen LogP contribution < -0.4 is 5.32 Å². The zero-order valence-electron chi connectivity index (χ0n) is 12.8. The van der Waals surface area contributed by atoms with Gasteiger partial charge in [-0.25, -0.2) is 0 Å². The van der Waals surface area contributed by atoms with Gasteiger partial charge in [0.15, 0.2) is 0 Å². The summed E-state index contributed by atoms with van der Waals surface area (Å²) in [5, 5.41) is 3.04. The number of fused-ring (bicyclic) bond motifs is 1. The van der Waals surface area contributed by atoms with Crippen molar-refractivity contribution in [3.05, 3.63) is 27.7 Å². The molecule has 2 bridgehead atoms. The van der Waals surface area contributed by atoms with E-state index >= 15 is 0 Å². The lowest BCUT2D eigenvalue weighted by molar-refractivity contribution is -0.145. The Morgan fingerprint density at radius 1 is 1.26 bits per heavy atom. The van der Waals surface area contributed by atoms with E-state index in [4.69, 9.17) is 4.74 Å². The minimum absolute atomic E-state index is 0.0433. The van der Waals surface area contributed by atoms with Crippen LogP contribution in [0.3, 0.4) is 0 Å². The van der Waals surface area contributed by atoms with Crippen molar-refractivity contribution < 1.29 is 14.3 Å². The van der Waals surface area contributed by atoms with Crippen LogP contribution in [-0.2, 0) is 14.3 Å². The van der Waals surface area contributed by atoms with Crippen molar-refractivity contribution in [3.63, 3.8) is 0 Å². The summed E-state index contributed by atoms with van der Waals surface area (Å²) in [4.78, 5) is 25.1. The highest BCUT2D eigenvalue weighted by Crippen LogP contribution is 2.60. The number of rotatable bonds is 2. The molecule has 1 aromatic carbocycles. The fourth-order valence-corrected chi connectivity index (χ4v) is 5.94. The van der Waals surface area contributed by atoms with Crippen LogP contribution >= 0.6 is 31.9 Å². The molecule has 3 aliphatic rings. The molecule has 0 radical (unpaired) electrons. The maximum Gasteiger partial charge on any atom is 0.310 e. The Morgan fingerprint density at radius 2 is 2.00 bits per heavy atom. The van der Waals surface area contributed by atoms with Crippen molar-refractivity contribution in [2.24, 2.45) is 23.7 Å². The van der Waals surface area contributed by atoms with Gasteiger partial charge in [-0.3, -0.25) is 9.59 Å². The molecule has 1 amide bonds. The Kier molecular flexibility index (Phi) is 3.61. The lowest BCUT2D eigenvalue weighted by Crippen LogP contribution is -2.40. The highest BCUT2D eigenvalue weighted by Gasteiger charge is 2.67. The molecule has 6 heteroatoms. The fraction of sp³-hybridized carbons (Fsp3) is 0.529. The zero-order valence-corrected chi connectivity index (χ0v) is 16.0. The topological polar surface area (TPSA) is 55.4 Å². The fourth-order valence-electron chi connectivity index (χ4n) is 4.47. The van der Waals surface area contributed by atoms with Gasteiger partial charge in [0.2, 0.25) is 5.91 Å². The summed E-state index contributed by atoms with van der Waals surface area (Å²) < 4.78 is 6.49. The molecule has 2 saturated carbocycles. The van der Waals surface area contributed by atoms with Crippen molar-refractivity contribution in [2.45, 2.75) is 31.2 Å². The van der Waals surface area contributed by atoms with Crippen LogP contribution in [0.2, 0.25) is 0 Å². The SMILES string of the molecule is Cc1c(Br)ccc(NC(=O)[C@@H]2[C@H]3C[C@H]4[C@H](OC(=O)[C@@H]42)[C@H]3Br)c1C. The molecule has 0 spiro atoms. The summed E-state index contributed by atoms with van der Waals surface area (Å²) in [6.07, 6.45) is 0.853. The molecule has 0 unspecified atom stereocenters. The van der Waals surface area contributed by atoms with Gasteiger partial charge >= 0.3 is 5.97 Å². The Bertz CT molecular complexity index is 720. The van der Waals surface area contributed by atoms with E-state index in [1.54, 1.807) is 0 Å². The molecule has 1 heterocycles. The Balaban J connectivity index is 1.61. The molecule has 1 aliphatic heterocycles. The predicted molar refractivity (Wildman–Crippen MR) is 93.4 cm³/mol. The number of anilines is 1. The number of ether oxygens (including phenoxy) is 1. The van der Waals surface area contributed by atoms with Crippen molar-refractivity contribution in [1.82, 2.24) is 0 Å². The van der Waals surface area contributed by atoms with Gasteiger partial charge in [0.25, 0.3) is 0 Å². The lowest BCUT2D eigenvalue weighted by Gasteiger charge is -2.27. The molecule has 4 nitrogen and oxygen atoms in total. The summed E-state index contributed by atoms with van der Waals surface area (Å²) in [5.74, 6) is -0.448. The van der Waals surface area contributed by atoms with Crippen LogP contribution in [0, 0.1) is 37.5 Å². The molecule has 1 saturated heterocycles. The third kappa shape index (κ3) is 2.14. The van der Waals surface area contributed by atoms with E-state index in [1.165, 1.54) is 0 Å². The summed E-state index contributed by atoms with van der Waals surface area (Å²) in [5.41, 5.74) is 2.96. The van der Waals surface area contributed by atoms with Crippen LogP contribution in [0.25, 0.3) is 0 Å².